The van der Waals surface area contributed by atoms with Crippen LogP contribution in [0.25, 0.3) is 0 Å². The highest BCUT2D eigenvalue weighted by Gasteiger charge is 2.09. The molecule has 0 saturated heterocycles. The van der Waals surface area contributed by atoms with E-state index in [9.17, 15) is 4.79 Å². The summed E-state index contributed by atoms with van der Waals surface area (Å²) in [4.78, 5) is 11.1. The van der Waals surface area contributed by atoms with E-state index in [0.717, 1.165) is 17.7 Å². The van der Waals surface area contributed by atoms with Gasteiger partial charge in [0.05, 0.1) is 28.6 Å². The van der Waals surface area contributed by atoms with Crippen molar-refractivity contribution in [2.75, 3.05) is 5.43 Å². The first-order valence-corrected chi connectivity index (χ1v) is 7.96. The number of hydrogen-bond acceptors (Lipinski definition) is 4. The van der Waals surface area contributed by atoms with Gasteiger partial charge in [0, 0.05) is 5.56 Å². The average molecular weight is 347 g/mol. The molecule has 1 atom stereocenters. The van der Waals surface area contributed by atoms with Gasteiger partial charge in [0.1, 0.15) is 5.75 Å². The second-order valence-electron chi connectivity index (χ2n) is 5.24. The first kappa shape index (κ1) is 17.8. The van der Waals surface area contributed by atoms with Crippen LogP contribution in [0.3, 0.4) is 0 Å². The molecule has 0 saturated carbocycles. The van der Waals surface area contributed by atoms with Crippen LogP contribution in [0.5, 0.6) is 5.75 Å². The molecule has 5 nitrogen and oxygen atoms in total. The van der Waals surface area contributed by atoms with Gasteiger partial charge >= 0.3 is 5.97 Å². The summed E-state index contributed by atoms with van der Waals surface area (Å²) in [6.07, 6.45) is 2.65. The normalized spacial score (nSPS) is 12.1. The molecule has 0 bridgehead atoms. The van der Waals surface area contributed by atoms with Crippen LogP contribution in [0.4, 0.5) is 5.69 Å². The summed E-state index contributed by atoms with van der Waals surface area (Å²) in [5.41, 5.74) is 4.19. The van der Waals surface area contributed by atoms with Crippen LogP contribution in [-0.4, -0.2) is 23.4 Å². The van der Waals surface area contributed by atoms with Gasteiger partial charge in [-0.3, -0.25) is 5.43 Å². The van der Waals surface area contributed by atoms with Crippen LogP contribution >= 0.6 is 11.6 Å². The predicted octanol–water partition coefficient (Wildman–Crippen LogP) is 4.66. The topological polar surface area (TPSA) is 70.9 Å². The van der Waals surface area contributed by atoms with E-state index < -0.39 is 5.97 Å². The van der Waals surface area contributed by atoms with Gasteiger partial charge in [0.15, 0.2) is 0 Å². The van der Waals surface area contributed by atoms with Crippen molar-refractivity contribution >= 4 is 29.5 Å². The number of carboxylic acids is 1. The van der Waals surface area contributed by atoms with Crippen molar-refractivity contribution in [1.82, 2.24) is 0 Å². The maximum atomic E-state index is 11.1. The smallest absolute Gasteiger partial charge is 0.337 e. The lowest BCUT2D eigenvalue weighted by Crippen LogP contribution is -2.11. The summed E-state index contributed by atoms with van der Waals surface area (Å²) >= 11 is 5.84. The Labute approximate surface area is 145 Å². The van der Waals surface area contributed by atoms with Crippen LogP contribution in [-0.2, 0) is 0 Å². The number of nitrogens with one attached hydrogen (secondary N) is 1. The lowest BCUT2D eigenvalue weighted by atomic mass is 10.2. The summed E-state index contributed by atoms with van der Waals surface area (Å²) in [6, 6.07) is 12.2. The fourth-order valence-corrected chi connectivity index (χ4v) is 2.13. The van der Waals surface area contributed by atoms with Crippen molar-refractivity contribution in [3.05, 3.63) is 58.6 Å². The van der Waals surface area contributed by atoms with E-state index >= 15 is 0 Å². The van der Waals surface area contributed by atoms with Crippen LogP contribution in [0.2, 0.25) is 5.02 Å². The summed E-state index contributed by atoms with van der Waals surface area (Å²) in [6.45, 7) is 4.07. The Hall–Kier alpha value is -2.53. The van der Waals surface area contributed by atoms with E-state index in [0.29, 0.717) is 5.69 Å². The van der Waals surface area contributed by atoms with Gasteiger partial charge in [0.2, 0.25) is 0 Å². The molecular weight excluding hydrogens is 328 g/mol. The molecule has 0 fully saturated rings. The van der Waals surface area contributed by atoms with E-state index in [-0.39, 0.29) is 16.7 Å². The molecule has 126 valence electrons. The Morgan fingerprint density at radius 3 is 2.83 bits per heavy atom. The molecule has 2 N–H and O–H groups in total. The third-order valence-corrected chi connectivity index (χ3v) is 3.75. The van der Waals surface area contributed by atoms with Gasteiger partial charge < -0.3 is 9.84 Å². The third-order valence-electron chi connectivity index (χ3n) is 3.42. The molecule has 2 rings (SSSR count). The zero-order valence-electron chi connectivity index (χ0n) is 13.5. The number of anilines is 1. The molecule has 2 aromatic carbocycles. The quantitative estimate of drug-likeness (QED) is 0.565. The number of hydrogen-bond donors (Lipinski definition) is 2. The first-order valence-electron chi connectivity index (χ1n) is 7.59. The fraction of sp³-hybridized carbons (Fsp3) is 0.222. The van der Waals surface area contributed by atoms with Gasteiger partial charge in [-0.1, -0.05) is 30.7 Å². The molecule has 2 aromatic rings. The Bertz CT molecular complexity index is 747. The largest absolute Gasteiger partial charge is 0.490 e. The minimum Gasteiger partial charge on any atom is -0.490 e. The minimum absolute atomic E-state index is 0.0253. The number of hydrazone groups is 1. The van der Waals surface area contributed by atoms with E-state index in [2.05, 4.69) is 17.5 Å². The number of rotatable bonds is 7. The van der Waals surface area contributed by atoms with Gasteiger partial charge in [-0.2, -0.15) is 5.10 Å². The molecular formula is C18H19ClN2O3. The highest BCUT2D eigenvalue weighted by atomic mass is 35.5. The van der Waals surface area contributed by atoms with E-state index in [4.69, 9.17) is 21.4 Å². The number of benzene rings is 2. The van der Waals surface area contributed by atoms with Crippen LogP contribution in [0.1, 0.15) is 36.2 Å². The zero-order valence-corrected chi connectivity index (χ0v) is 14.2. The number of aromatic carboxylic acids is 1. The average Bonchev–Trinajstić information content (AvgIpc) is 2.57. The molecule has 0 spiro atoms. The second-order valence-corrected chi connectivity index (χ2v) is 5.65. The minimum atomic E-state index is -1.08. The molecule has 0 unspecified atom stereocenters. The summed E-state index contributed by atoms with van der Waals surface area (Å²) < 4.78 is 5.85. The lowest BCUT2D eigenvalue weighted by molar-refractivity contribution is 0.0697. The number of halogens is 1. The Kier molecular flexibility index (Phi) is 6.21. The Balaban J connectivity index is 2.12. The number of ether oxygens (including phenoxy) is 1. The zero-order chi connectivity index (χ0) is 17.5. The summed E-state index contributed by atoms with van der Waals surface area (Å²) in [5.74, 6) is -0.334. The molecule has 0 aliphatic carbocycles. The Morgan fingerprint density at radius 2 is 2.12 bits per heavy atom. The van der Waals surface area contributed by atoms with Crippen LogP contribution in [0.15, 0.2) is 47.6 Å². The van der Waals surface area contributed by atoms with E-state index in [1.54, 1.807) is 12.3 Å². The monoisotopic (exact) mass is 346 g/mol. The Morgan fingerprint density at radius 1 is 1.38 bits per heavy atom. The van der Waals surface area contributed by atoms with Gasteiger partial charge in [-0.05, 0) is 43.7 Å². The van der Waals surface area contributed by atoms with Crippen LogP contribution < -0.4 is 10.2 Å². The SMILES string of the molecule is CC[C@H](C)Oc1ccccc1/C=N\Nc1ccc(Cl)c(C(=O)O)c1. The molecule has 6 heteroatoms. The van der Waals surface area contributed by atoms with Crippen molar-refractivity contribution < 1.29 is 14.6 Å². The summed E-state index contributed by atoms with van der Waals surface area (Å²) in [5, 5.41) is 13.4. The molecule has 0 heterocycles. The van der Waals surface area contributed by atoms with Crippen molar-refractivity contribution in [2.24, 2.45) is 5.10 Å². The van der Waals surface area contributed by atoms with Gasteiger partial charge in [-0.15, -0.1) is 0 Å². The van der Waals surface area contributed by atoms with E-state index in [1.165, 1.54) is 12.1 Å². The van der Waals surface area contributed by atoms with Crippen molar-refractivity contribution in [1.29, 1.82) is 0 Å². The molecule has 24 heavy (non-hydrogen) atoms. The number of para-hydroxylation sites is 1. The molecule has 0 aliphatic rings. The molecule has 0 aliphatic heterocycles. The molecule has 0 amide bonds. The van der Waals surface area contributed by atoms with Crippen molar-refractivity contribution in [3.8, 4) is 5.75 Å². The first-order chi connectivity index (χ1) is 11.5. The third kappa shape index (κ3) is 4.73. The molecule has 0 aromatic heterocycles. The lowest BCUT2D eigenvalue weighted by Gasteiger charge is -2.14. The summed E-state index contributed by atoms with van der Waals surface area (Å²) in [7, 11) is 0. The maximum absolute atomic E-state index is 11.1. The van der Waals surface area contributed by atoms with E-state index in [1.807, 2.05) is 31.2 Å². The highest BCUT2D eigenvalue weighted by molar-refractivity contribution is 6.33. The standard InChI is InChI=1S/C18H19ClN2O3/c1-3-12(2)24-17-7-5-4-6-13(17)11-20-21-14-8-9-16(19)15(10-14)18(22)23/h4-12,21H,3H2,1-2H3,(H,22,23)/b20-11-/t12-/m0/s1. The van der Waals surface area contributed by atoms with Gasteiger partial charge in [0.25, 0.3) is 0 Å². The highest BCUT2D eigenvalue weighted by Crippen LogP contribution is 2.21. The second kappa shape index (κ2) is 8.36. The van der Waals surface area contributed by atoms with Crippen molar-refractivity contribution in [3.63, 3.8) is 0 Å². The maximum Gasteiger partial charge on any atom is 0.337 e. The number of carboxylic acid groups (broad SMARTS) is 1. The molecule has 0 radical (unpaired) electrons. The predicted molar refractivity (Wildman–Crippen MR) is 96.5 cm³/mol. The van der Waals surface area contributed by atoms with Crippen molar-refractivity contribution in [2.45, 2.75) is 26.4 Å². The van der Waals surface area contributed by atoms with Gasteiger partial charge in [-0.25, -0.2) is 4.79 Å². The number of carbonyl (C=O) groups is 1. The number of nitrogens with zero attached hydrogens (tertiary/aromatic N) is 1. The van der Waals surface area contributed by atoms with Crippen LogP contribution in [0, 0.1) is 0 Å². The fourth-order valence-electron chi connectivity index (χ4n) is 1.93.